The van der Waals surface area contributed by atoms with Crippen LogP contribution >= 0.6 is 0 Å². The van der Waals surface area contributed by atoms with Gasteiger partial charge in [-0.2, -0.15) is 0 Å². The number of aromatic nitrogens is 1. The van der Waals surface area contributed by atoms with Gasteiger partial charge in [0.25, 0.3) is 5.91 Å². The van der Waals surface area contributed by atoms with E-state index in [1.807, 2.05) is 42.5 Å². The van der Waals surface area contributed by atoms with Crippen molar-refractivity contribution in [1.82, 2.24) is 4.98 Å². The second-order valence-electron chi connectivity index (χ2n) is 8.50. The molecule has 0 bridgehead atoms. The highest BCUT2D eigenvalue weighted by Gasteiger charge is 2.21. The Bertz CT molecular complexity index is 1470. The van der Waals surface area contributed by atoms with E-state index >= 15 is 0 Å². The number of ether oxygens (including phenoxy) is 2. The monoisotopic (exact) mass is 496 g/mol. The van der Waals surface area contributed by atoms with Crippen molar-refractivity contribution in [3.05, 3.63) is 100 Å². The summed E-state index contributed by atoms with van der Waals surface area (Å²) in [5.41, 5.74) is 5.13. The molecule has 0 saturated carbocycles. The fraction of sp³-hybridized carbons (Fsp3) is 0.143. The highest BCUT2D eigenvalue weighted by atomic mass is 16.6. The summed E-state index contributed by atoms with van der Waals surface area (Å²) >= 11 is 0. The zero-order valence-electron chi connectivity index (χ0n) is 20.1. The van der Waals surface area contributed by atoms with Crippen molar-refractivity contribution in [3.63, 3.8) is 0 Å². The van der Waals surface area contributed by atoms with Gasteiger partial charge in [0, 0.05) is 12.3 Å². The molecule has 0 spiro atoms. The summed E-state index contributed by atoms with van der Waals surface area (Å²) in [7, 11) is 1.40. The third kappa shape index (κ3) is 5.20. The molecule has 3 aromatic carbocycles. The molecule has 1 amide bonds. The van der Waals surface area contributed by atoms with Crippen LogP contribution in [0.25, 0.3) is 11.1 Å². The lowest BCUT2D eigenvalue weighted by atomic mass is 10.0. The van der Waals surface area contributed by atoms with E-state index in [0.717, 1.165) is 41.0 Å². The number of hydrogen-bond donors (Lipinski definition) is 2. The fourth-order valence-electron chi connectivity index (χ4n) is 4.23. The van der Waals surface area contributed by atoms with E-state index in [2.05, 4.69) is 15.6 Å². The Morgan fingerprint density at radius 2 is 1.78 bits per heavy atom. The fourth-order valence-corrected chi connectivity index (χ4v) is 4.23. The molecule has 0 unspecified atom stereocenters. The number of nitro groups is 1. The highest BCUT2D eigenvalue weighted by Crippen LogP contribution is 2.37. The van der Waals surface area contributed by atoms with Crippen LogP contribution in [0, 0.1) is 10.1 Å². The molecular formula is C28H24N4O5. The Morgan fingerprint density at radius 1 is 0.946 bits per heavy atom. The van der Waals surface area contributed by atoms with E-state index in [0.29, 0.717) is 23.5 Å². The van der Waals surface area contributed by atoms with E-state index in [-0.39, 0.29) is 17.3 Å². The standard InChI is InChI=1S/C28H24N4O5/c1-36-27-16-20(8-11-26(27)32(34)35)19-7-9-22-24(15-19)30-23-10-6-18(14-25(23)31-28(22)33)4-3-13-37-21-5-2-12-29-17-21/h2,5-12,14-17,30H,3-4,13H2,1H3,(H,31,33). The van der Waals surface area contributed by atoms with Crippen LogP contribution in [0.3, 0.4) is 0 Å². The predicted molar refractivity (Wildman–Crippen MR) is 141 cm³/mol. The molecule has 0 radical (unpaired) electrons. The largest absolute Gasteiger partial charge is 0.492 e. The minimum absolute atomic E-state index is 0.105. The van der Waals surface area contributed by atoms with Gasteiger partial charge in [-0.05, 0) is 78.1 Å². The Morgan fingerprint density at radius 3 is 2.57 bits per heavy atom. The molecule has 0 aliphatic carbocycles. The van der Waals surface area contributed by atoms with E-state index in [4.69, 9.17) is 9.47 Å². The summed E-state index contributed by atoms with van der Waals surface area (Å²) in [6.07, 6.45) is 5.00. The van der Waals surface area contributed by atoms with Crippen LogP contribution in [0.2, 0.25) is 0 Å². The first-order chi connectivity index (χ1) is 18.0. The maximum Gasteiger partial charge on any atom is 0.310 e. The number of amides is 1. The van der Waals surface area contributed by atoms with Crippen LogP contribution in [-0.2, 0) is 6.42 Å². The quantitative estimate of drug-likeness (QED) is 0.175. The van der Waals surface area contributed by atoms with Gasteiger partial charge in [0.2, 0.25) is 0 Å². The minimum Gasteiger partial charge on any atom is -0.492 e. The number of nitrogens with one attached hydrogen (secondary N) is 2. The third-order valence-electron chi connectivity index (χ3n) is 6.09. The maximum atomic E-state index is 13.0. The molecule has 0 saturated heterocycles. The van der Waals surface area contributed by atoms with Gasteiger partial charge >= 0.3 is 5.69 Å². The zero-order valence-corrected chi connectivity index (χ0v) is 20.1. The van der Waals surface area contributed by atoms with Gasteiger partial charge in [0.05, 0.1) is 47.5 Å². The number of fused-ring (bicyclic) bond motifs is 2. The first kappa shape index (κ1) is 23.8. The van der Waals surface area contributed by atoms with Crippen molar-refractivity contribution >= 4 is 28.7 Å². The molecule has 5 rings (SSSR count). The molecule has 186 valence electrons. The molecule has 0 atom stereocenters. The van der Waals surface area contributed by atoms with Crippen molar-refractivity contribution in [2.45, 2.75) is 12.8 Å². The number of hydrogen-bond acceptors (Lipinski definition) is 7. The summed E-state index contributed by atoms with van der Waals surface area (Å²) in [4.78, 5) is 27.8. The third-order valence-corrected chi connectivity index (χ3v) is 6.09. The minimum atomic E-state index is -0.482. The van der Waals surface area contributed by atoms with Crippen LogP contribution in [0.15, 0.2) is 79.1 Å². The van der Waals surface area contributed by atoms with Gasteiger partial charge in [-0.3, -0.25) is 19.9 Å². The van der Waals surface area contributed by atoms with Crippen LogP contribution in [0.4, 0.5) is 22.7 Å². The topological polar surface area (TPSA) is 116 Å². The molecule has 9 nitrogen and oxygen atoms in total. The van der Waals surface area contributed by atoms with Crippen LogP contribution in [-0.4, -0.2) is 29.5 Å². The Labute approximate surface area is 213 Å². The number of anilines is 3. The number of rotatable bonds is 8. The molecule has 0 fully saturated rings. The molecule has 37 heavy (non-hydrogen) atoms. The van der Waals surface area contributed by atoms with Crippen molar-refractivity contribution in [2.24, 2.45) is 0 Å². The molecule has 2 N–H and O–H groups in total. The van der Waals surface area contributed by atoms with E-state index in [1.165, 1.54) is 13.2 Å². The highest BCUT2D eigenvalue weighted by molar-refractivity contribution is 6.12. The zero-order chi connectivity index (χ0) is 25.8. The lowest BCUT2D eigenvalue weighted by molar-refractivity contribution is -0.385. The molecule has 1 aliphatic heterocycles. The number of nitro benzene ring substituents is 1. The number of aryl methyl sites for hydroxylation is 1. The van der Waals surface area contributed by atoms with Gasteiger partial charge in [0.1, 0.15) is 5.75 Å². The number of methoxy groups -OCH3 is 1. The van der Waals surface area contributed by atoms with Crippen molar-refractivity contribution in [3.8, 4) is 22.6 Å². The summed E-state index contributed by atoms with van der Waals surface area (Å²) in [6.45, 7) is 0.565. The smallest absolute Gasteiger partial charge is 0.310 e. The summed E-state index contributed by atoms with van der Waals surface area (Å²) in [5, 5.41) is 17.6. The first-order valence-corrected chi connectivity index (χ1v) is 11.7. The summed E-state index contributed by atoms with van der Waals surface area (Å²) in [5.74, 6) is 0.697. The number of pyridine rings is 1. The van der Waals surface area contributed by atoms with Gasteiger partial charge in [-0.15, -0.1) is 0 Å². The number of nitrogens with zero attached hydrogens (tertiary/aromatic N) is 2. The van der Waals surface area contributed by atoms with Crippen molar-refractivity contribution in [2.75, 3.05) is 24.4 Å². The molecule has 2 heterocycles. The van der Waals surface area contributed by atoms with E-state index in [9.17, 15) is 14.9 Å². The number of benzene rings is 3. The average Bonchev–Trinajstić information content (AvgIpc) is 3.06. The first-order valence-electron chi connectivity index (χ1n) is 11.7. The van der Waals surface area contributed by atoms with Crippen molar-refractivity contribution < 1.29 is 19.2 Å². The normalized spacial score (nSPS) is 11.9. The molecule has 1 aromatic heterocycles. The van der Waals surface area contributed by atoms with Gasteiger partial charge in [0.15, 0.2) is 5.75 Å². The molecular weight excluding hydrogens is 472 g/mol. The Balaban J connectivity index is 1.33. The Hall–Kier alpha value is -4.92. The van der Waals surface area contributed by atoms with Gasteiger partial charge < -0.3 is 20.1 Å². The average molecular weight is 497 g/mol. The predicted octanol–water partition coefficient (Wildman–Crippen LogP) is 5.99. The maximum absolute atomic E-state index is 13.0. The van der Waals surface area contributed by atoms with E-state index in [1.54, 1.807) is 30.6 Å². The van der Waals surface area contributed by atoms with Gasteiger partial charge in [-0.1, -0.05) is 12.1 Å². The Kier molecular flexibility index (Phi) is 6.67. The van der Waals surface area contributed by atoms with Crippen LogP contribution in [0.1, 0.15) is 22.3 Å². The van der Waals surface area contributed by atoms with Crippen LogP contribution in [0.5, 0.6) is 11.5 Å². The SMILES string of the molecule is COc1cc(-c2ccc3c(c2)Nc2ccc(CCCOc4cccnc4)cc2NC3=O)ccc1[N+](=O)[O-]. The van der Waals surface area contributed by atoms with Crippen molar-refractivity contribution in [1.29, 1.82) is 0 Å². The van der Waals surface area contributed by atoms with Crippen LogP contribution < -0.4 is 20.1 Å². The molecule has 4 aromatic rings. The number of carbonyl (C=O) groups is 1. The summed E-state index contributed by atoms with van der Waals surface area (Å²) < 4.78 is 10.9. The number of carbonyl (C=O) groups excluding carboxylic acids is 1. The lowest BCUT2D eigenvalue weighted by Crippen LogP contribution is -2.11. The summed E-state index contributed by atoms with van der Waals surface area (Å²) in [6, 6.07) is 19.8. The second-order valence-corrected chi connectivity index (χ2v) is 8.50. The second kappa shape index (κ2) is 10.4. The lowest BCUT2D eigenvalue weighted by Gasteiger charge is -2.12. The van der Waals surface area contributed by atoms with Gasteiger partial charge in [-0.25, -0.2) is 0 Å². The van der Waals surface area contributed by atoms with E-state index < -0.39 is 4.92 Å². The molecule has 9 heteroatoms. The molecule has 1 aliphatic rings.